The highest BCUT2D eigenvalue weighted by molar-refractivity contribution is 9.10. The van der Waals surface area contributed by atoms with Crippen LogP contribution in [-0.2, 0) is 11.2 Å². The van der Waals surface area contributed by atoms with Crippen LogP contribution in [0.5, 0.6) is 5.75 Å². The van der Waals surface area contributed by atoms with Crippen LogP contribution in [0.3, 0.4) is 0 Å². The van der Waals surface area contributed by atoms with Gasteiger partial charge < -0.3 is 15.4 Å². The Morgan fingerprint density at radius 3 is 2.84 bits per heavy atom. The third-order valence-corrected chi connectivity index (χ3v) is 3.54. The van der Waals surface area contributed by atoms with Crippen LogP contribution in [0.1, 0.15) is 5.56 Å². The molecule has 0 radical (unpaired) electrons. The van der Waals surface area contributed by atoms with Gasteiger partial charge in [0.05, 0.1) is 13.5 Å². The highest BCUT2D eigenvalue weighted by Crippen LogP contribution is 2.23. The van der Waals surface area contributed by atoms with E-state index >= 15 is 0 Å². The van der Waals surface area contributed by atoms with Crippen molar-refractivity contribution in [2.24, 2.45) is 5.92 Å². The average Bonchev–Trinajstić information content (AvgIpc) is 2.27. The van der Waals surface area contributed by atoms with Gasteiger partial charge in [0.2, 0.25) is 5.91 Å². The van der Waals surface area contributed by atoms with Gasteiger partial charge in [0.25, 0.3) is 0 Å². The average molecular weight is 350 g/mol. The molecule has 6 heteroatoms. The van der Waals surface area contributed by atoms with Crippen molar-refractivity contribution in [3.05, 3.63) is 28.2 Å². The molecule has 0 unspecified atom stereocenters. The van der Waals surface area contributed by atoms with E-state index in [1.165, 1.54) is 0 Å². The summed E-state index contributed by atoms with van der Waals surface area (Å²) in [7, 11) is 1.62. The number of hydrogen-bond donors (Lipinski definition) is 2. The number of carbonyl (C=O) groups is 1. The maximum atomic E-state index is 11.8. The van der Waals surface area contributed by atoms with Crippen LogP contribution >= 0.6 is 28.3 Å². The van der Waals surface area contributed by atoms with Crippen LogP contribution in [0.4, 0.5) is 0 Å². The molecule has 0 atom stereocenters. The Hall–Kier alpha value is -0.780. The molecule has 1 aromatic carbocycles. The number of halogens is 2. The summed E-state index contributed by atoms with van der Waals surface area (Å²) in [6, 6.07) is 5.69. The summed E-state index contributed by atoms with van der Waals surface area (Å²) < 4.78 is 6.20. The van der Waals surface area contributed by atoms with Gasteiger partial charge in [-0.25, -0.2) is 0 Å². The predicted octanol–water partition coefficient (Wildman–Crippen LogP) is 1.76. The SMILES string of the molecule is COc1ccc(Br)cc1CC(=O)NCC1CNC1.Cl. The highest BCUT2D eigenvalue weighted by Gasteiger charge is 2.17. The molecule has 106 valence electrons. The van der Waals surface area contributed by atoms with E-state index < -0.39 is 0 Å². The molecule has 0 bridgehead atoms. The fourth-order valence-electron chi connectivity index (χ4n) is 1.87. The Kier molecular flexibility index (Phi) is 6.62. The van der Waals surface area contributed by atoms with E-state index in [0.29, 0.717) is 12.3 Å². The molecular weight excluding hydrogens is 332 g/mol. The second kappa shape index (κ2) is 7.72. The second-order valence-corrected chi connectivity index (χ2v) is 5.38. The zero-order valence-corrected chi connectivity index (χ0v) is 13.1. The third kappa shape index (κ3) is 4.67. The van der Waals surface area contributed by atoms with Gasteiger partial charge in [-0.3, -0.25) is 4.79 Å². The molecule has 2 N–H and O–H groups in total. The molecular formula is C13H18BrClN2O2. The van der Waals surface area contributed by atoms with Crippen molar-refractivity contribution < 1.29 is 9.53 Å². The van der Waals surface area contributed by atoms with Crippen LogP contribution in [-0.4, -0.2) is 32.7 Å². The molecule has 1 aliphatic heterocycles. The smallest absolute Gasteiger partial charge is 0.224 e. The summed E-state index contributed by atoms with van der Waals surface area (Å²) in [4.78, 5) is 11.8. The Labute approximate surface area is 127 Å². The number of benzene rings is 1. The largest absolute Gasteiger partial charge is 0.496 e. The lowest BCUT2D eigenvalue weighted by Crippen LogP contribution is -2.48. The number of carbonyl (C=O) groups excluding carboxylic acids is 1. The van der Waals surface area contributed by atoms with Crippen molar-refractivity contribution in [3.8, 4) is 5.75 Å². The number of rotatable bonds is 5. The summed E-state index contributed by atoms with van der Waals surface area (Å²) in [5.74, 6) is 1.37. The summed E-state index contributed by atoms with van der Waals surface area (Å²) in [6.45, 7) is 2.75. The minimum absolute atomic E-state index is 0. The Morgan fingerprint density at radius 2 is 2.26 bits per heavy atom. The van der Waals surface area contributed by atoms with Crippen molar-refractivity contribution in [1.82, 2.24) is 10.6 Å². The fraction of sp³-hybridized carbons (Fsp3) is 0.462. The predicted molar refractivity (Wildman–Crippen MR) is 81.0 cm³/mol. The highest BCUT2D eigenvalue weighted by atomic mass is 79.9. The number of amides is 1. The van der Waals surface area contributed by atoms with Gasteiger partial charge in [0.15, 0.2) is 0 Å². The topological polar surface area (TPSA) is 50.4 Å². The minimum atomic E-state index is 0. The molecule has 0 saturated carbocycles. The number of hydrogen-bond acceptors (Lipinski definition) is 3. The summed E-state index contributed by atoms with van der Waals surface area (Å²) in [6.07, 6.45) is 0.350. The lowest BCUT2D eigenvalue weighted by atomic mass is 10.0. The molecule has 1 heterocycles. The van der Waals surface area contributed by atoms with E-state index in [0.717, 1.165) is 35.4 Å². The van der Waals surface area contributed by atoms with E-state index in [4.69, 9.17) is 4.74 Å². The van der Waals surface area contributed by atoms with Gasteiger partial charge in [0.1, 0.15) is 5.75 Å². The molecule has 1 aromatic rings. The molecule has 0 aromatic heterocycles. The Balaban J connectivity index is 0.00000180. The number of ether oxygens (including phenoxy) is 1. The van der Waals surface area contributed by atoms with E-state index in [1.54, 1.807) is 7.11 Å². The van der Waals surface area contributed by atoms with E-state index in [2.05, 4.69) is 26.6 Å². The van der Waals surface area contributed by atoms with Crippen LogP contribution in [0, 0.1) is 5.92 Å². The van der Waals surface area contributed by atoms with Crippen molar-refractivity contribution in [3.63, 3.8) is 0 Å². The first kappa shape index (κ1) is 16.3. The molecule has 2 rings (SSSR count). The van der Waals surface area contributed by atoms with Crippen molar-refractivity contribution >= 4 is 34.2 Å². The third-order valence-electron chi connectivity index (χ3n) is 3.05. The van der Waals surface area contributed by atoms with Crippen molar-refractivity contribution in [2.45, 2.75) is 6.42 Å². The molecule has 1 fully saturated rings. The molecule has 0 spiro atoms. The van der Waals surface area contributed by atoms with Crippen LogP contribution in [0.2, 0.25) is 0 Å². The van der Waals surface area contributed by atoms with Crippen molar-refractivity contribution in [1.29, 1.82) is 0 Å². The molecule has 0 aliphatic carbocycles. The zero-order valence-electron chi connectivity index (χ0n) is 10.7. The molecule has 1 aliphatic rings. The van der Waals surface area contributed by atoms with Gasteiger partial charge in [-0.15, -0.1) is 12.4 Å². The Bertz CT molecular complexity index is 439. The molecule has 1 amide bonds. The van der Waals surface area contributed by atoms with E-state index in [1.807, 2.05) is 18.2 Å². The Morgan fingerprint density at radius 1 is 1.53 bits per heavy atom. The first-order valence-electron chi connectivity index (χ1n) is 5.99. The maximum Gasteiger partial charge on any atom is 0.224 e. The van der Waals surface area contributed by atoms with Gasteiger partial charge in [-0.1, -0.05) is 15.9 Å². The van der Waals surface area contributed by atoms with Gasteiger partial charge in [-0.05, 0) is 18.2 Å². The first-order valence-corrected chi connectivity index (χ1v) is 6.78. The quantitative estimate of drug-likeness (QED) is 0.851. The summed E-state index contributed by atoms with van der Waals surface area (Å²) >= 11 is 3.40. The fourth-order valence-corrected chi connectivity index (χ4v) is 2.28. The van der Waals surface area contributed by atoms with Crippen molar-refractivity contribution in [2.75, 3.05) is 26.7 Å². The van der Waals surface area contributed by atoms with Crippen LogP contribution < -0.4 is 15.4 Å². The number of nitrogens with one attached hydrogen (secondary N) is 2. The number of methoxy groups -OCH3 is 1. The van der Waals surface area contributed by atoms with Crippen LogP contribution in [0.25, 0.3) is 0 Å². The van der Waals surface area contributed by atoms with Crippen LogP contribution in [0.15, 0.2) is 22.7 Å². The molecule has 19 heavy (non-hydrogen) atoms. The molecule has 4 nitrogen and oxygen atoms in total. The maximum absolute atomic E-state index is 11.8. The monoisotopic (exact) mass is 348 g/mol. The van der Waals surface area contributed by atoms with E-state index in [9.17, 15) is 4.79 Å². The standard InChI is InChI=1S/C13H17BrN2O2.ClH/c1-18-12-3-2-11(14)4-10(12)5-13(17)16-8-9-6-15-7-9;/h2-4,9,15H,5-8H2,1H3,(H,16,17);1H. The normalized spacial score (nSPS) is 14.2. The lowest BCUT2D eigenvalue weighted by Gasteiger charge is -2.27. The van der Waals surface area contributed by atoms with Gasteiger partial charge >= 0.3 is 0 Å². The zero-order chi connectivity index (χ0) is 13.0. The first-order chi connectivity index (χ1) is 8.69. The van der Waals surface area contributed by atoms with Gasteiger partial charge in [0, 0.05) is 35.6 Å². The second-order valence-electron chi connectivity index (χ2n) is 4.46. The molecule has 1 saturated heterocycles. The van der Waals surface area contributed by atoms with E-state index in [-0.39, 0.29) is 18.3 Å². The summed E-state index contributed by atoms with van der Waals surface area (Å²) in [5.41, 5.74) is 0.899. The summed E-state index contributed by atoms with van der Waals surface area (Å²) in [5, 5.41) is 6.14. The lowest BCUT2D eigenvalue weighted by molar-refractivity contribution is -0.120. The minimum Gasteiger partial charge on any atom is -0.496 e. The van der Waals surface area contributed by atoms with Gasteiger partial charge in [-0.2, -0.15) is 0 Å².